The van der Waals surface area contributed by atoms with Crippen LogP contribution in [0.1, 0.15) is 51.1 Å². The molecular formula is C20H18N3O4-. The minimum atomic E-state index is -1.49. The molecule has 7 nitrogen and oxygen atoms in total. The van der Waals surface area contributed by atoms with Crippen LogP contribution in [-0.2, 0) is 6.54 Å². The molecule has 1 aliphatic carbocycles. The molecule has 2 heterocycles. The molecule has 1 fully saturated rings. The number of hydrogen-bond donors (Lipinski definition) is 0. The van der Waals surface area contributed by atoms with E-state index in [1.807, 2.05) is 19.9 Å². The molecule has 0 radical (unpaired) electrons. The summed E-state index contributed by atoms with van der Waals surface area (Å²) in [7, 11) is 0. The summed E-state index contributed by atoms with van der Waals surface area (Å²) in [6.07, 6.45) is 2.20. The Bertz CT molecular complexity index is 1150. The molecule has 0 atom stereocenters. The van der Waals surface area contributed by atoms with E-state index in [0.29, 0.717) is 11.6 Å². The molecule has 7 heteroatoms. The van der Waals surface area contributed by atoms with Crippen LogP contribution in [0.15, 0.2) is 35.1 Å². The van der Waals surface area contributed by atoms with Crippen LogP contribution in [0.2, 0.25) is 0 Å². The van der Waals surface area contributed by atoms with E-state index in [-0.39, 0.29) is 28.8 Å². The van der Waals surface area contributed by atoms with E-state index in [4.69, 9.17) is 0 Å². The van der Waals surface area contributed by atoms with E-state index in [1.54, 1.807) is 12.1 Å². The third kappa shape index (κ3) is 2.85. The van der Waals surface area contributed by atoms with Gasteiger partial charge in [0.05, 0.1) is 11.4 Å². The zero-order chi connectivity index (χ0) is 19.3. The number of aromatic nitrogens is 3. The van der Waals surface area contributed by atoms with Crippen LogP contribution in [0.3, 0.4) is 0 Å². The standard InChI is InChI=1S/C20H19N3O4/c1-11-9-16(12(2)23(11)13-7-8-13)17(24)10-22-19(25)15-6-4-3-5-14(15)18(21-22)20(26)27/h3-6,9,13H,7-8,10H2,1-2H3,(H,26,27)/p-1. The lowest BCUT2D eigenvalue weighted by Gasteiger charge is -2.11. The van der Waals surface area contributed by atoms with Gasteiger partial charge in [0.2, 0.25) is 0 Å². The molecule has 0 aliphatic heterocycles. The summed E-state index contributed by atoms with van der Waals surface area (Å²) in [5.74, 6) is -1.76. The fourth-order valence-corrected chi connectivity index (χ4v) is 3.67. The van der Waals surface area contributed by atoms with Gasteiger partial charge in [-0.2, -0.15) is 5.10 Å². The zero-order valence-electron chi connectivity index (χ0n) is 15.1. The maximum atomic E-state index is 12.8. The van der Waals surface area contributed by atoms with Gasteiger partial charge in [-0.1, -0.05) is 18.2 Å². The van der Waals surface area contributed by atoms with Crippen molar-refractivity contribution in [1.29, 1.82) is 0 Å². The number of Topliss-reactive ketones (excluding diaryl/α,β-unsaturated/α-hetero) is 1. The first-order valence-electron chi connectivity index (χ1n) is 8.81. The maximum Gasteiger partial charge on any atom is 0.275 e. The summed E-state index contributed by atoms with van der Waals surface area (Å²) < 4.78 is 3.06. The van der Waals surface area contributed by atoms with Crippen molar-refractivity contribution in [3.05, 3.63) is 63.3 Å². The number of rotatable bonds is 5. The average molecular weight is 364 g/mol. The molecule has 0 N–H and O–H groups in total. The molecule has 0 spiro atoms. The normalized spacial score (nSPS) is 13.9. The van der Waals surface area contributed by atoms with Gasteiger partial charge in [-0.15, -0.1) is 0 Å². The first kappa shape index (κ1) is 17.2. The summed E-state index contributed by atoms with van der Waals surface area (Å²) in [4.78, 5) is 37.0. The van der Waals surface area contributed by atoms with E-state index in [1.165, 1.54) is 12.1 Å². The highest BCUT2D eigenvalue weighted by Crippen LogP contribution is 2.38. The topological polar surface area (TPSA) is 97.0 Å². The van der Waals surface area contributed by atoms with Crippen LogP contribution in [-0.4, -0.2) is 26.1 Å². The van der Waals surface area contributed by atoms with Crippen LogP contribution >= 0.6 is 0 Å². The van der Waals surface area contributed by atoms with E-state index >= 15 is 0 Å². The highest BCUT2D eigenvalue weighted by molar-refractivity contribution is 6.01. The number of carboxylic acids is 1. The van der Waals surface area contributed by atoms with Crippen molar-refractivity contribution in [3.8, 4) is 0 Å². The number of aryl methyl sites for hydroxylation is 1. The second-order valence-electron chi connectivity index (χ2n) is 6.95. The van der Waals surface area contributed by atoms with Crippen molar-refractivity contribution in [2.75, 3.05) is 0 Å². The molecule has 0 bridgehead atoms. The van der Waals surface area contributed by atoms with Crippen LogP contribution in [0.4, 0.5) is 0 Å². The smallest absolute Gasteiger partial charge is 0.275 e. The largest absolute Gasteiger partial charge is 0.543 e. The summed E-state index contributed by atoms with van der Waals surface area (Å²) in [6, 6.07) is 8.55. The Morgan fingerprint density at radius 2 is 1.85 bits per heavy atom. The fourth-order valence-electron chi connectivity index (χ4n) is 3.67. The molecule has 2 aromatic heterocycles. The molecule has 1 saturated carbocycles. The SMILES string of the molecule is Cc1cc(C(=O)Cn2nc(C(=O)[O-])c3ccccc3c2=O)c(C)n1C1CC1. The number of ketones is 1. The van der Waals surface area contributed by atoms with Crippen molar-refractivity contribution in [2.45, 2.75) is 39.3 Å². The van der Waals surface area contributed by atoms with E-state index < -0.39 is 11.5 Å². The molecule has 3 aromatic rings. The fraction of sp³-hybridized carbons (Fsp3) is 0.300. The summed E-state index contributed by atoms with van der Waals surface area (Å²) in [5, 5.41) is 15.7. The maximum absolute atomic E-state index is 12.8. The lowest BCUT2D eigenvalue weighted by atomic mass is 10.1. The molecule has 4 rings (SSSR count). The number of carbonyl (C=O) groups excluding carboxylic acids is 2. The van der Waals surface area contributed by atoms with Crippen LogP contribution in [0.5, 0.6) is 0 Å². The molecule has 27 heavy (non-hydrogen) atoms. The number of carbonyl (C=O) groups is 2. The second kappa shape index (κ2) is 6.19. The predicted octanol–water partition coefficient (Wildman–Crippen LogP) is 1.40. The third-order valence-corrected chi connectivity index (χ3v) is 5.05. The quantitative estimate of drug-likeness (QED) is 0.638. The van der Waals surface area contributed by atoms with Gasteiger partial charge in [0.1, 0.15) is 12.2 Å². The Morgan fingerprint density at radius 1 is 1.19 bits per heavy atom. The first-order chi connectivity index (χ1) is 12.9. The molecule has 138 valence electrons. The van der Waals surface area contributed by atoms with Crippen molar-refractivity contribution in [2.24, 2.45) is 0 Å². The molecule has 1 aliphatic rings. The van der Waals surface area contributed by atoms with Crippen molar-refractivity contribution >= 4 is 22.5 Å². The molecule has 0 amide bonds. The lowest BCUT2D eigenvalue weighted by Crippen LogP contribution is -2.32. The van der Waals surface area contributed by atoms with Gasteiger partial charge >= 0.3 is 0 Å². The highest BCUT2D eigenvalue weighted by atomic mass is 16.4. The highest BCUT2D eigenvalue weighted by Gasteiger charge is 2.28. The summed E-state index contributed by atoms with van der Waals surface area (Å²) in [6.45, 7) is 3.53. The van der Waals surface area contributed by atoms with Gasteiger partial charge in [-0.25, -0.2) is 4.68 Å². The van der Waals surface area contributed by atoms with Gasteiger partial charge in [0.25, 0.3) is 5.56 Å². The Morgan fingerprint density at radius 3 is 2.48 bits per heavy atom. The number of hydrogen-bond acceptors (Lipinski definition) is 5. The van der Waals surface area contributed by atoms with Gasteiger partial charge < -0.3 is 14.5 Å². The van der Waals surface area contributed by atoms with Crippen molar-refractivity contribution in [3.63, 3.8) is 0 Å². The van der Waals surface area contributed by atoms with Gasteiger partial charge in [-0.3, -0.25) is 9.59 Å². The molecular weight excluding hydrogens is 346 g/mol. The van der Waals surface area contributed by atoms with Gasteiger partial charge in [-0.05, 0) is 38.8 Å². The van der Waals surface area contributed by atoms with Crippen molar-refractivity contribution in [1.82, 2.24) is 14.3 Å². The van der Waals surface area contributed by atoms with Crippen LogP contribution in [0.25, 0.3) is 10.8 Å². The van der Waals surface area contributed by atoms with Crippen LogP contribution < -0.4 is 10.7 Å². The Kier molecular flexibility index (Phi) is 3.95. The Hall–Kier alpha value is -3.22. The predicted molar refractivity (Wildman–Crippen MR) is 96.8 cm³/mol. The van der Waals surface area contributed by atoms with Crippen molar-refractivity contribution < 1.29 is 14.7 Å². The van der Waals surface area contributed by atoms with Crippen LogP contribution in [0, 0.1) is 13.8 Å². The lowest BCUT2D eigenvalue weighted by molar-refractivity contribution is -0.255. The number of nitrogens with zero attached hydrogens (tertiary/aromatic N) is 3. The number of benzene rings is 1. The molecule has 0 saturated heterocycles. The third-order valence-electron chi connectivity index (χ3n) is 5.05. The number of fused-ring (bicyclic) bond motifs is 1. The molecule has 0 unspecified atom stereocenters. The van der Waals surface area contributed by atoms with Gasteiger partial charge in [0, 0.05) is 28.4 Å². The number of carboxylic acid groups (broad SMARTS) is 1. The van der Waals surface area contributed by atoms with Gasteiger partial charge in [0.15, 0.2) is 5.78 Å². The zero-order valence-corrected chi connectivity index (χ0v) is 15.1. The summed E-state index contributed by atoms with van der Waals surface area (Å²) in [5.41, 5.74) is 1.57. The molecule has 1 aromatic carbocycles. The monoisotopic (exact) mass is 364 g/mol. The van der Waals surface area contributed by atoms with E-state index in [0.717, 1.165) is 28.9 Å². The summed E-state index contributed by atoms with van der Waals surface area (Å²) >= 11 is 0. The first-order valence-corrected chi connectivity index (χ1v) is 8.81. The minimum absolute atomic E-state index is 0.197. The van der Waals surface area contributed by atoms with E-state index in [9.17, 15) is 19.5 Å². The Balaban J connectivity index is 1.77. The minimum Gasteiger partial charge on any atom is -0.543 e. The second-order valence-corrected chi connectivity index (χ2v) is 6.95. The number of aromatic carboxylic acids is 1. The Labute approximate surface area is 154 Å². The average Bonchev–Trinajstić information content (AvgIpc) is 3.42. The van der Waals surface area contributed by atoms with E-state index in [2.05, 4.69) is 9.67 Å².